The third-order valence-electron chi connectivity index (χ3n) is 7.88. The van der Waals surface area contributed by atoms with E-state index in [9.17, 15) is 28.7 Å². The molecule has 4 amide bonds. The minimum absolute atomic E-state index is 0.0104. The molecule has 13 nitrogen and oxygen atoms in total. The van der Waals surface area contributed by atoms with E-state index in [1.165, 1.54) is 16.2 Å². The van der Waals surface area contributed by atoms with E-state index in [-0.39, 0.29) is 58.7 Å². The van der Waals surface area contributed by atoms with Crippen LogP contribution in [0.25, 0.3) is 10.4 Å². The van der Waals surface area contributed by atoms with Crippen LogP contribution in [0.3, 0.4) is 0 Å². The highest BCUT2D eigenvalue weighted by Gasteiger charge is 2.53. The van der Waals surface area contributed by atoms with Crippen molar-refractivity contribution in [1.29, 1.82) is 0 Å². The Kier molecular flexibility index (Phi) is 11.2. The molecule has 2 heterocycles. The summed E-state index contributed by atoms with van der Waals surface area (Å²) in [6.07, 6.45) is -1.86. The monoisotopic (exact) mass is 663 g/mol. The number of rotatable bonds is 14. The van der Waals surface area contributed by atoms with Gasteiger partial charge in [0.15, 0.2) is 5.67 Å². The number of thiazole rings is 1. The Morgan fingerprint density at radius 2 is 1.91 bits per heavy atom. The van der Waals surface area contributed by atoms with Crippen molar-refractivity contribution in [2.24, 2.45) is 5.41 Å². The van der Waals surface area contributed by atoms with Gasteiger partial charge in [-0.3, -0.25) is 14.4 Å². The van der Waals surface area contributed by atoms with Gasteiger partial charge in [0.2, 0.25) is 11.8 Å². The quantitative estimate of drug-likeness (QED) is 0.190. The Hall–Kier alpha value is -3.82. The second-order valence-corrected chi connectivity index (χ2v) is 13.5. The van der Waals surface area contributed by atoms with Crippen LogP contribution in [0.2, 0.25) is 0 Å². The number of carboxylic acid groups (broad SMARTS) is 1. The van der Waals surface area contributed by atoms with Crippen molar-refractivity contribution in [3.05, 3.63) is 35.0 Å². The molecule has 1 aliphatic heterocycles. The number of nitrogens with one attached hydrogen (secondary N) is 3. The van der Waals surface area contributed by atoms with Crippen molar-refractivity contribution in [1.82, 2.24) is 25.8 Å². The molecule has 252 valence electrons. The van der Waals surface area contributed by atoms with Gasteiger partial charge < -0.3 is 40.5 Å². The number of aromatic nitrogens is 1. The van der Waals surface area contributed by atoms with E-state index >= 15 is 0 Å². The van der Waals surface area contributed by atoms with Crippen LogP contribution in [0, 0.1) is 12.3 Å². The van der Waals surface area contributed by atoms with Gasteiger partial charge in [0, 0.05) is 31.6 Å². The molecule has 3 atom stereocenters. The number of likely N-dealkylation sites (tertiary alicyclic amines) is 1. The van der Waals surface area contributed by atoms with Crippen molar-refractivity contribution >= 4 is 35.2 Å². The number of aliphatic hydroxyl groups excluding tert-OH is 1. The van der Waals surface area contributed by atoms with E-state index in [0.29, 0.717) is 11.3 Å². The number of hydrogen-bond donors (Lipinski definition) is 5. The molecule has 46 heavy (non-hydrogen) atoms. The van der Waals surface area contributed by atoms with Gasteiger partial charge in [-0.1, -0.05) is 32.9 Å². The molecule has 1 aromatic heterocycles. The van der Waals surface area contributed by atoms with E-state index < -0.39 is 53.1 Å². The van der Waals surface area contributed by atoms with Crippen LogP contribution >= 0.6 is 11.3 Å². The standard InChI is InChI=1S/C31H42FN5O8S/c1-18-24(46-17-35-18)19-5-6-20(23(13-19)45-12-11-44-10-9-33-29(42)43)15-34-26(39)22-14-21(38)16-37(22)27(40)25(30(2,3)4)36-28(41)31(32)7-8-31/h5-6,13,17,21-22,25,33,38H,7-12,14-16H2,1-4H3,(H,34,39)(H,36,41)(H,42,43)/t21-,22+,25?/m1/s1. The van der Waals surface area contributed by atoms with Gasteiger partial charge in [0.25, 0.3) is 5.91 Å². The first-order valence-electron chi connectivity index (χ1n) is 15.2. The van der Waals surface area contributed by atoms with Gasteiger partial charge >= 0.3 is 6.09 Å². The van der Waals surface area contributed by atoms with Crippen LogP contribution in [0.1, 0.15) is 51.3 Å². The summed E-state index contributed by atoms with van der Waals surface area (Å²) in [7, 11) is 0. The van der Waals surface area contributed by atoms with Crippen molar-refractivity contribution in [3.63, 3.8) is 0 Å². The molecule has 1 aliphatic carbocycles. The predicted molar refractivity (Wildman–Crippen MR) is 167 cm³/mol. The SMILES string of the molecule is Cc1ncsc1-c1ccc(CNC(=O)[C@@H]2C[C@@H](O)CN2C(=O)C(NC(=O)C2(F)CC2)C(C)(C)C)c(OCCOCCNC(=O)O)c1. The van der Waals surface area contributed by atoms with E-state index in [1.54, 1.807) is 26.3 Å². The number of hydrogen-bond acceptors (Lipinski definition) is 9. The first kappa shape index (κ1) is 35.0. The Morgan fingerprint density at radius 3 is 2.54 bits per heavy atom. The summed E-state index contributed by atoms with van der Waals surface area (Å²) >= 11 is 1.48. The molecule has 1 aromatic carbocycles. The fourth-order valence-electron chi connectivity index (χ4n) is 5.12. The Labute approximate surface area is 270 Å². The highest BCUT2D eigenvalue weighted by molar-refractivity contribution is 7.13. The zero-order valence-corrected chi connectivity index (χ0v) is 27.2. The molecular weight excluding hydrogens is 621 g/mol. The lowest BCUT2D eigenvalue weighted by atomic mass is 9.85. The molecule has 0 bridgehead atoms. The summed E-state index contributed by atoms with van der Waals surface area (Å²) in [5.41, 5.74) is 1.39. The number of β-amino-alcohol motifs (C(OH)–C–C–N with tert-alkyl or cyclic N) is 1. The number of aliphatic hydroxyl groups is 1. The first-order valence-corrected chi connectivity index (χ1v) is 16.0. The molecule has 0 radical (unpaired) electrons. The van der Waals surface area contributed by atoms with Crippen LogP contribution < -0.4 is 20.7 Å². The number of halogens is 1. The maximum absolute atomic E-state index is 14.5. The average Bonchev–Trinajstić information content (AvgIpc) is 3.40. The van der Waals surface area contributed by atoms with Crippen LogP contribution in [0.15, 0.2) is 23.7 Å². The Morgan fingerprint density at radius 1 is 1.17 bits per heavy atom. The maximum atomic E-state index is 14.5. The van der Waals surface area contributed by atoms with Gasteiger partial charge in [-0.25, -0.2) is 14.2 Å². The number of benzene rings is 1. The van der Waals surface area contributed by atoms with Gasteiger partial charge in [0.1, 0.15) is 24.4 Å². The Bertz CT molecular complexity index is 1430. The fourth-order valence-corrected chi connectivity index (χ4v) is 5.92. The number of nitrogens with zero attached hydrogens (tertiary/aromatic N) is 2. The minimum atomic E-state index is -1.97. The summed E-state index contributed by atoms with van der Waals surface area (Å²) < 4.78 is 25.9. The molecule has 1 saturated heterocycles. The summed E-state index contributed by atoms with van der Waals surface area (Å²) in [5.74, 6) is -1.40. The third kappa shape index (κ3) is 8.91. The highest BCUT2D eigenvalue weighted by atomic mass is 32.1. The first-order chi connectivity index (χ1) is 21.7. The lowest BCUT2D eigenvalue weighted by Gasteiger charge is -2.35. The normalized spacial score (nSPS) is 19.3. The van der Waals surface area contributed by atoms with Crippen LogP contribution in [-0.4, -0.2) is 101 Å². The summed E-state index contributed by atoms with van der Waals surface area (Å²) in [6.45, 7) is 7.76. The van der Waals surface area contributed by atoms with Crippen molar-refractivity contribution in [3.8, 4) is 16.2 Å². The van der Waals surface area contributed by atoms with E-state index in [4.69, 9.17) is 14.6 Å². The maximum Gasteiger partial charge on any atom is 0.404 e. The van der Waals surface area contributed by atoms with Gasteiger partial charge in [-0.15, -0.1) is 11.3 Å². The van der Waals surface area contributed by atoms with Crippen LogP contribution in [0.4, 0.5) is 9.18 Å². The number of carbonyl (C=O) groups is 4. The summed E-state index contributed by atoms with van der Waals surface area (Å²) in [6, 6.07) is 3.47. The van der Waals surface area contributed by atoms with Gasteiger partial charge in [-0.05, 0) is 36.8 Å². The lowest BCUT2D eigenvalue weighted by molar-refractivity contribution is -0.145. The number of carbonyl (C=O) groups excluding carboxylic acids is 3. The van der Waals surface area contributed by atoms with E-state index in [0.717, 1.165) is 16.1 Å². The summed E-state index contributed by atoms with van der Waals surface area (Å²) in [5, 5.41) is 26.8. The van der Waals surface area contributed by atoms with Crippen molar-refractivity contribution < 1.29 is 43.3 Å². The number of ether oxygens (including phenoxy) is 2. The second-order valence-electron chi connectivity index (χ2n) is 12.6. The zero-order chi connectivity index (χ0) is 33.6. The van der Waals surface area contributed by atoms with Crippen LogP contribution in [0.5, 0.6) is 5.75 Å². The molecule has 4 rings (SSSR count). The molecule has 2 aliphatic rings. The van der Waals surface area contributed by atoms with Gasteiger partial charge in [0.05, 0.1) is 35.4 Å². The van der Waals surface area contributed by atoms with Crippen LogP contribution in [-0.2, 0) is 25.7 Å². The molecule has 0 spiro atoms. The van der Waals surface area contributed by atoms with E-state index in [2.05, 4.69) is 20.9 Å². The number of aryl methyl sites for hydroxylation is 1. The average molecular weight is 664 g/mol. The third-order valence-corrected chi connectivity index (χ3v) is 8.86. The molecular formula is C31H42FN5O8S. The summed E-state index contributed by atoms with van der Waals surface area (Å²) in [4.78, 5) is 56.8. The predicted octanol–water partition coefficient (Wildman–Crippen LogP) is 2.39. The molecule has 15 heteroatoms. The molecule has 5 N–H and O–H groups in total. The Balaban J connectivity index is 1.44. The smallest absolute Gasteiger partial charge is 0.404 e. The second kappa shape index (κ2) is 14.7. The van der Waals surface area contributed by atoms with E-state index in [1.807, 2.05) is 25.1 Å². The van der Waals surface area contributed by atoms with Crippen molar-refractivity contribution in [2.45, 2.75) is 77.4 Å². The molecule has 1 unspecified atom stereocenters. The molecule has 2 fully saturated rings. The molecule has 2 aromatic rings. The topological polar surface area (TPSA) is 179 Å². The molecule has 1 saturated carbocycles. The minimum Gasteiger partial charge on any atom is -0.491 e. The zero-order valence-electron chi connectivity index (χ0n) is 26.4. The lowest BCUT2D eigenvalue weighted by Crippen LogP contribution is -2.59. The van der Waals surface area contributed by atoms with Crippen molar-refractivity contribution in [2.75, 3.05) is 32.9 Å². The number of alkyl halides is 1. The number of amides is 4. The van der Waals surface area contributed by atoms with Gasteiger partial charge in [-0.2, -0.15) is 0 Å². The fraction of sp³-hybridized carbons (Fsp3) is 0.581. The highest BCUT2D eigenvalue weighted by Crippen LogP contribution is 2.40. The largest absolute Gasteiger partial charge is 0.491 e.